The Bertz CT molecular complexity index is 479. The highest BCUT2D eigenvalue weighted by atomic mass is 16.5. The molecule has 1 heterocycles. The van der Waals surface area contributed by atoms with E-state index in [1.54, 1.807) is 0 Å². The molecule has 0 bridgehead atoms. The van der Waals surface area contributed by atoms with Gasteiger partial charge in [0.25, 0.3) is 0 Å². The van der Waals surface area contributed by atoms with Gasteiger partial charge in [0, 0.05) is 18.1 Å². The van der Waals surface area contributed by atoms with Crippen LogP contribution < -0.4 is 4.74 Å². The second-order valence-electron chi connectivity index (χ2n) is 3.61. The first-order valence-corrected chi connectivity index (χ1v) is 5.63. The molecule has 0 aliphatic rings. The van der Waals surface area contributed by atoms with Crippen LogP contribution in [0.2, 0.25) is 0 Å². The molecule has 2 rings (SSSR count). The largest absolute Gasteiger partial charge is 0.494 e. The summed E-state index contributed by atoms with van der Waals surface area (Å²) in [7, 11) is 0. The van der Waals surface area contributed by atoms with Crippen LogP contribution in [0.3, 0.4) is 0 Å². The summed E-state index contributed by atoms with van der Waals surface area (Å²) in [5.74, 6) is 1.50. The maximum absolute atomic E-state index is 8.81. The molecule has 0 aliphatic carbocycles. The van der Waals surface area contributed by atoms with Crippen molar-refractivity contribution in [2.45, 2.75) is 13.3 Å². The van der Waals surface area contributed by atoms with E-state index in [2.05, 4.69) is 5.16 Å². The van der Waals surface area contributed by atoms with E-state index in [0.717, 1.165) is 17.0 Å². The third kappa shape index (κ3) is 2.85. The summed E-state index contributed by atoms with van der Waals surface area (Å²) in [5, 5.41) is 12.8. The van der Waals surface area contributed by atoms with Crippen LogP contribution in [0.1, 0.15) is 12.7 Å². The quantitative estimate of drug-likeness (QED) is 0.860. The molecule has 0 amide bonds. The lowest BCUT2D eigenvalue weighted by atomic mass is 10.1. The van der Waals surface area contributed by atoms with Gasteiger partial charge in [-0.25, -0.2) is 0 Å². The van der Waals surface area contributed by atoms with Gasteiger partial charge in [0.15, 0.2) is 0 Å². The number of hydrogen-bond acceptors (Lipinski definition) is 4. The van der Waals surface area contributed by atoms with Gasteiger partial charge in [0.05, 0.1) is 13.2 Å². The van der Waals surface area contributed by atoms with Crippen molar-refractivity contribution < 1.29 is 14.4 Å². The molecular weight excluding hydrogens is 218 g/mol. The Hall–Kier alpha value is -1.81. The number of nitrogens with zero attached hydrogens (tertiary/aromatic N) is 1. The van der Waals surface area contributed by atoms with E-state index in [0.29, 0.717) is 18.8 Å². The first-order valence-electron chi connectivity index (χ1n) is 5.63. The van der Waals surface area contributed by atoms with Crippen LogP contribution in [0.4, 0.5) is 0 Å². The minimum Gasteiger partial charge on any atom is -0.494 e. The summed E-state index contributed by atoms with van der Waals surface area (Å²) in [6.07, 6.45) is 0.484. The number of ether oxygens (including phenoxy) is 1. The van der Waals surface area contributed by atoms with Crippen LogP contribution in [0.25, 0.3) is 11.3 Å². The highest BCUT2D eigenvalue weighted by Crippen LogP contribution is 2.23. The van der Waals surface area contributed by atoms with E-state index in [4.69, 9.17) is 14.4 Å². The van der Waals surface area contributed by atoms with Crippen LogP contribution >= 0.6 is 0 Å². The molecule has 0 atom stereocenters. The van der Waals surface area contributed by atoms with Gasteiger partial charge in [-0.15, -0.1) is 0 Å². The van der Waals surface area contributed by atoms with Crippen molar-refractivity contribution in [2.75, 3.05) is 13.2 Å². The SMILES string of the molecule is CCOc1cccc(-c2cc(CCO)on2)c1. The Balaban J connectivity index is 2.22. The predicted octanol–water partition coefficient (Wildman–Crippen LogP) is 2.28. The first kappa shape index (κ1) is 11.7. The number of aromatic nitrogens is 1. The van der Waals surface area contributed by atoms with E-state index in [-0.39, 0.29) is 6.61 Å². The number of rotatable bonds is 5. The van der Waals surface area contributed by atoms with E-state index in [1.165, 1.54) is 0 Å². The van der Waals surface area contributed by atoms with Gasteiger partial charge in [-0.1, -0.05) is 17.3 Å². The van der Waals surface area contributed by atoms with E-state index in [9.17, 15) is 0 Å². The van der Waals surface area contributed by atoms with Gasteiger partial charge >= 0.3 is 0 Å². The van der Waals surface area contributed by atoms with Crippen LogP contribution in [-0.4, -0.2) is 23.5 Å². The fourth-order valence-corrected chi connectivity index (χ4v) is 1.59. The van der Waals surface area contributed by atoms with Crippen molar-refractivity contribution in [1.82, 2.24) is 5.16 Å². The summed E-state index contributed by atoms with van der Waals surface area (Å²) >= 11 is 0. The van der Waals surface area contributed by atoms with Crippen molar-refractivity contribution in [2.24, 2.45) is 0 Å². The normalized spacial score (nSPS) is 10.5. The van der Waals surface area contributed by atoms with E-state index >= 15 is 0 Å². The summed E-state index contributed by atoms with van der Waals surface area (Å²) < 4.78 is 10.5. The maximum atomic E-state index is 8.81. The molecule has 0 spiro atoms. The highest BCUT2D eigenvalue weighted by molar-refractivity contribution is 5.60. The lowest BCUT2D eigenvalue weighted by molar-refractivity contribution is 0.277. The molecule has 0 unspecified atom stereocenters. The highest BCUT2D eigenvalue weighted by Gasteiger charge is 2.06. The average Bonchev–Trinajstić information content (AvgIpc) is 2.79. The van der Waals surface area contributed by atoms with Gasteiger partial charge in [-0.05, 0) is 19.1 Å². The monoisotopic (exact) mass is 233 g/mol. The predicted molar refractivity (Wildman–Crippen MR) is 63.9 cm³/mol. The third-order valence-electron chi connectivity index (χ3n) is 2.36. The van der Waals surface area contributed by atoms with Gasteiger partial charge in [-0.3, -0.25) is 0 Å². The van der Waals surface area contributed by atoms with Crippen LogP contribution in [0, 0.1) is 0 Å². The van der Waals surface area contributed by atoms with E-state index < -0.39 is 0 Å². The smallest absolute Gasteiger partial charge is 0.139 e. The molecule has 1 aromatic heterocycles. The minimum atomic E-state index is 0.0631. The summed E-state index contributed by atoms with van der Waals surface area (Å²) in [4.78, 5) is 0. The molecule has 0 saturated carbocycles. The average molecular weight is 233 g/mol. The standard InChI is InChI=1S/C13H15NO3/c1-2-16-11-5-3-4-10(8-11)13-9-12(6-7-15)17-14-13/h3-5,8-9,15H,2,6-7H2,1H3. The molecule has 0 aliphatic heterocycles. The Morgan fingerprint density at radius 2 is 2.24 bits per heavy atom. The fourth-order valence-electron chi connectivity index (χ4n) is 1.59. The summed E-state index contributed by atoms with van der Waals surface area (Å²) in [6.45, 7) is 2.65. The Labute approximate surface area is 99.8 Å². The topological polar surface area (TPSA) is 55.5 Å². The van der Waals surface area contributed by atoms with Crippen molar-refractivity contribution in [3.8, 4) is 17.0 Å². The maximum Gasteiger partial charge on any atom is 0.139 e. The van der Waals surface area contributed by atoms with E-state index in [1.807, 2.05) is 37.3 Å². The number of aliphatic hydroxyl groups excluding tert-OH is 1. The van der Waals surface area contributed by atoms with Crippen molar-refractivity contribution in [3.05, 3.63) is 36.1 Å². The molecule has 4 heteroatoms. The summed E-state index contributed by atoms with van der Waals surface area (Å²) in [6, 6.07) is 9.52. The van der Waals surface area contributed by atoms with Crippen LogP contribution in [0.15, 0.2) is 34.9 Å². The molecule has 17 heavy (non-hydrogen) atoms. The molecule has 0 radical (unpaired) electrons. The fraction of sp³-hybridized carbons (Fsp3) is 0.308. The second kappa shape index (κ2) is 5.50. The molecule has 4 nitrogen and oxygen atoms in total. The number of aliphatic hydroxyl groups is 1. The van der Waals surface area contributed by atoms with Crippen molar-refractivity contribution in [1.29, 1.82) is 0 Å². The molecule has 2 aromatic rings. The molecule has 1 N–H and O–H groups in total. The van der Waals surface area contributed by atoms with Crippen LogP contribution in [0.5, 0.6) is 5.75 Å². The Morgan fingerprint density at radius 3 is 3.00 bits per heavy atom. The Kier molecular flexibility index (Phi) is 3.77. The Morgan fingerprint density at radius 1 is 1.35 bits per heavy atom. The van der Waals surface area contributed by atoms with Gasteiger partial charge < -0.3 is 14.4 Å². The molecule has 90 valence electrons. The van der Waals surface area contributed by atoms with Gasteiger partial charge in [0.2, 0.25) is 0 Å². The first-order chi connectivity index (χ1) is 8.33. The number of hydrogen-bond donors (Lipinski definition) is 1. The molecule has 0 saturated heterocycles. The van der Waals surface area contributed by atoms with Gasteiger partial charge in [0.1, 0.15) is 17.2 Å². The van der Waals surface area contributed by atoms with Crippen molar-refractivity contribution >= 4 is 0 Å². The lowest BCUT2D eigenvalue weighted by Gasteiger charge is -2.03. The zero-order valence-corrected chi connectivity index (χ0v) is 9.72. The van der Waals surface area contributed by atoms with Gasteiger partial charge in [-0.2, -0.15) is 0 Å². The molecule has 0 fully saturated rings. The number of benzene rings is 1. The lowest BCUT2D eigenvalue weighted by Crippen LogP contribution is -1.91. The molecule has 1 aromatic carbocycles. The molecular formula is C13H15NO3. The summed E-state index contributed by atoms with van der Waals surface area (Å²) in [5.41, 5.74) is 1.71. The van der Waals surface area contributed by atoms with Crippen molar-refractivity contribution in [3.63, 3.8) is 0 Å². The zero-order valence-electron chi connectivity index (χ0n) is 9.72. The van der Waals surface area contributed by atoms with Crippen LogP contribution in [-0.2, 0) is 6.42 Å². The second-order valence-corrected chi connectivity index (χ2v) is 3.61. The zero-order chi connectivity index (χ0) is 12.1. The third-order valence-corrected chi connectivity index (χ3v) is 2.36. The minimum absolute atomic E-state index is 0.0631.